The first-order chi connectivity index (χ1) is 19.4. The van der Waals surface area contributed by atoms with E-state index >= 15 is 0 Å². The quantitative estimate of drug-likeness (QED) is 0.400. The zero-order valence-electron chi connectivity index (χ0n) is 23.1. The standard InChI is InChI=1S/C30H39N5O5/c1-31-29(38)27(33-40-17-26(36)37)28-30(39)35(25-11-3-2-10-24(25)32-28)23-15-20-8-5-9-21(16-23)34(20)22-13-18-6-4-7-19(12-18)14-22/h2-3,10-11,18-23H,4-9,12-17H2,1H3,(H,31,38)(H,36,37)/b33-27-. The van der Waals surface area contributed by atoms with Crippen molar-refractivity contribution in [2.45, 2.75) is 94.8 Å². The largest absolute Gasteiger partial charge is 0.479 e. The van der Waals surface area contributed by atoms with Crippen molar-refractivity contribution in [3.05, 3.63) is 40.3 Å². The summed E-state index contributed by atoms with van der Waals surface area (Å²) in [5, 5.41) is 15.2. The number of rotatable bonds is 7. The van der Waals surface area contributed by atoms with Gasteiger partial charge in [0, 0.05) is 31.2 Å². The Hall–Kier alpha value is -3.27. The number of fused-ring (bicyclic) bond motifs is 5. The van der Waals surface area contributed by atoms with Crippen LogP contribution < -0.4 is 10.9 Å². The number of aliphatic carboxylic acids is 1. The van der Waals surface area contributed by atoms with E-state index in [9.17, 15) is 14.4 Å². The molecule has 3 heterocycles. The number of nitrogens with zero attached hydrogens (tertiary/aromatic N) is 4. The topological polar surface area (TPSA) is 126 Å². The molecule has 1 aromatic heterocycles. The summed E-state index contributed by atoms with van der Waals surface area (Å²) in [5.41, 5.74) is 0.474. The minimum Gasteiger partial charge on any atom is -0.479 e. The summed E-state index contributed by atoms with van der Waals surface area (Å²) in [6.45, 7) is -0.729. The monoisotopic (exact) mass is 549 g/mol. The summed E-state index contributed by atoms with van der Waals surface area (Å²) in [4.78, 5) is 50.1. The number of amides is 1. The van der Waals surface area contributed by atoms with E-state index in [1.165, 1.54) is 52.0 Å². The molecular formula is C30H39N5O5. The lowest BCUT2D eigenvalue weighted by atomic mass is 9.68. The Morgan fingerprint density at radius 3 is 2.33 bits per heavy atom. The Morgan fingerprint density at radius 2 is 1.65 bits per heavy atom. The number of benzene rings is 1. The normalized spacial score (nSPS) is 30.6. The number of carbonyl (C=O) groups is 2. The molecule has 2 aromatic rings. The second kappa shape index (κ2) is 11.3. The van der Waals surface area contributed by atoms with Gasteiger partial charge in [-0.05, 0) is 68.9 Å². The van der Waals surface area contributed by atoms with Crippen LogP contribution in [0.15, 0.2) is 34.2 Å². The van der Waals surface area contributed by atoms with Gasteiger partial charge >= 0.3 is 5.97 Å². The van der Waals surface area contributed by atoms with Crippen molar-refractivity contribution in [1.29, 1.82) is 0 Å². The molecule has 4 unspecified atom stereocenters. The van der Waals surface area contributed by atoms with Crippen LogP contribution in [0.25, 0.3) is 11.0 Å². The molecule has 4 aliphatic rings. The summed E-state index contributed by atoms with van der Waals surface area (Å²) in [6.07, 6.45) is 13.5. The van der Waals surface area contributed by atoms with Crippen LogP contribution in [0.3, 0.4) is 0 Å². The van der Waals surface area contributed by atoms with E-state index in [4.69, 9.17) is 9.94 Å². The summed E-state index contributed by atoms with van der Waals surface area (Å²) in [6, 6.07) is 8.99. The molecule has 4 bridgehead atoms. The maximum Gasteiger partial charge on any atom is 0.344 e. The highest BCUT2D eigenvalue weighted by Gasteiger charge is 2.45. The highest BCUT2D eigenvalue weighted by Crippen LogP contribution is 2.47. The van der Waals surface area contributed by atoms with Crippen LogP contribution in [-0.4, -0.2) is 68.9 Å². The molecule has 4 atom stereocenters. The molecule has 2 N–H and O–H groups in total. The van der Waals surface area contributed by atoms with Crippen molar-refractivity contribution in [2.24, 2.45) is 17.0 Å². The first kappa shape index (κ1) is 26.9. The molecule has 214 valence electrons. The number of piperidine rings is 2. The van der Waals surface area contributed by atoms with Gasteiger partial charge in [-0.15, -0.1) is 0 Å². The van der Waals surface area contributed by atoms with Crippen LogP contribution in [0.2, 0.25) is 0 Å². The Balaban J connectivity index is 1.36. The van der Waals surface area contributed by atoms with Crippen LogP contribution in [0.1, 0.15) is 82.4 Å². The first-order valence-corrected chi connectivity index (χ1v) is 14.9. The van der Waals surface area contributed by atoms with Gasteiger partial charge in [-0.25, -0.2) is 9.78 Å². The number of para-hydroxylation sites is 2. The van der Waals surface area contributed by atoms with Crippen molar-refractivity contribution in [3.8, 4) is 0 Å². The average molecular weight is 550 g/mol. The minimum absolute atomic E-state index is 0.0281. The van der Waals surface area contributed by atoms with Gasteiger partial charge in [-0.1, -0.05) is 43.0 Å². The van der Waals surface area contributed by atoms with Crippen molar-refractivity contribution >= 4 is 28.6 Å². The van der Waals surface area contributed by atoms with E-state index in [2.05, 4.69) is 20.4 Å². The Kier molecular flexibility index (Phi) is 7.61. The summed E-state index contributed by atoms with van der Waals surface area (Å²) in [5.74, 6) is -0.151. The van der Waals surface area contributed by atoms with Gasteiger partial charge in [0.15, 0.2) is 11.4 Å². The maximum absolute atomic E-state index is 14.1. The first-order valence-electron chi connectivity index (χ1n) is 14.9. The van der Waals surface area contributed by atoms with Gasteiger partial charge in [0.25, 0.3) is 11.5 Å². The van der Waals surface area contributed by atoms with E-state index in [-0.39, 0.29) is 17.4 Å². The molecule has 10 heteroatoms. The van der Waals surface area contributed by atoms with Gasteiger partial charge in [0.2, 0.25) is 6.61 Å². The highest BCUT2D eigenvalue weighted by atomic mass is 16.6. The molecule has 4 fully saturated rings. The number of hydrogen-bond donors (Lipinski definition) is 2. The van der Waals surface area contributed by atoms with Crippen molar-refractivity contribution in [3.63, 3.8) is 0 Å². The fourth-order valence-electron chi connectivity index (χ4n) is 8.27. The molecule has 2 aliphatic heterocycles. The zero-order valence-corrected chi connectivity index (χ0v) is 23.1. The van der Waals surface area contributed by atoms with Crippen LogP contribution in [-0.2, 0) is 14.4 Å². The van der Waals surface area contributed by atoms with Crippen molar-refractivity contribution in [1.82, 2.24) is 19.8 Å². The molecule has 10 nitrogen and oxygen atoms in total. The van der Waals surface area contributed by atoms with Gasteiger partial charge in [-0.2, -0.15) is 0 Å². The predicted octanol–water partition coefficient (Wildman–Crippen LogP) is 3.47. The van der Waals surface area contributed by atoms with E-state index < -0.39 is 24.0 Å². The zero-order chi connectivity index (χ0) is 27.8. The second-order valence-corrected chi connectivity index (χ2v) is 12.1. The van der Waals surface area contributed by atoms with Crippen LogP contribution in [0.5, 0.6) is 0 Å². The maximum atomic E-state index is 14.1. The van der Waals surface area contributed by atoms with Crippen LogP contribution in [0, 0.1) is 11.8 Å². The number of carbonyl (C=O) groups excluding carboxylic acids is 1. The highest BCUT2D eigenvalue weighted by molar-refractivity contribution is 6.44. The molecule has 0 radical (unpaired) electrons. The lowest BCUT2D eigenvalue weighted by Crippen LogP contribution is -2.58. The van der Waals surface area contributed by atoms with Crippen LogP contribution in [0.4, 0.5) is 0 Å². The Morgan fingerprint density at radius 1 is 0.975 bits per heavy atom. The smallest absolute Gasteiger partial charge is 0.344 e. The number of carboxylic acid groups (broad SMARTS) is 1. The number of nitrogens with one attached hydrogen (secondary N) is 1. The molecule has 40 heavy (non-hydrogen) atoms. The van der Waals surface area contributed by atoms with Crippen LogP contribution >= 0.6 is 0 Å². The number of oxime groups is 1. The van der Waals surface area contributed by atoms with E-state index in [0.29, 0.717) is 23.6 Å². The average Bonchev–Trinajstić information content (AvgIpc) is 2.94. The minimum atomic E-state index is -1.23. The van der Waals surface area contributed by atoms with E-state index in [1.54, 1.807) is 0 Å². The fraction of sp³-hybridized carbons (Fsp3) is 0.633. The number of carboxylic acids is 1. The van der Waals surface area contributed by atoms with E-state index in [1.807, 2.05) is 28.8 Å². The third kappa shape index (κ3) is 5.13. The lowest BCUT2D eigenvalue weighted by Gasteiger charge is -2.55. The summed E-state index contributed by atoms with van der Waals surface area (Å²) < 4.78 is 1.82. The Bertz CT molecular complexity index is 1350. The molecule has 2 aliphatic carbocycles. The molecule has 1 aromatic carbocycles. The van der Waals surface area contributed by atoms with Crippen molar-refractivity contribution < 1.29 is 19.5 Å². The van der Waals surface area contributed by atoms with Gasteiger partial charge in [0.1, 0.15) is 0 Å². The number of aromatic nitrogens is 2. The lowest BCUT2D eigenvalue weighted by molar-refractivity contribution is -0.142. The molecule has 1 amide bonds. The van der Waals surface area contributed by atoms with Gasteiger partial charge in [-0.3, -0.25) is 14.5 Å². The molecular weight excluding hydrogens is 510 g/mol. The van der Waals surface area contributed by atoms with Crippen molar-refractivity contribution in [2.75, 3.05) is 13.7 Å². The molecule has 2 saturated carbocycles. The van der Waals surface area contributed by atoms with Gasteiger partial charge in [0.05, 0.1) is 11.0 Å². The van der Waals surface area contributed by atoms with Gasteiger partial charge < -0.3 is 19.8 Å². The second-order valence-electron chi connectivity index (χ2n) is 12.1. The fourth-order valence-corrected chi connectivity index (χ4v) is 8.27. The number of likely N-dealkylation sites (N-methyl/N-ethyl adjacent to an activating group) is 1. The third-order valence-electron chi connectivity index (χ3n) is 9.70. The molecule has 2 saturated heterocycles. The SMILES string of the molecule is CNC(=O)/C(=N\OCC(=O)O)c1nc2ccccc2n(C2CC3CCCC(C2)N3C2CC3CCCC(C3)C2)c1=O. The Labute approximate surface area is 233 Å². The number of hydrogen-bond acceptors (Lipinski definition) is 7. The summed E-state index contributed by atoms with van der Waals surface area (Å²) in [7, 11) is 1.42. The summed E-state index contributed by atoms with van der Waals surface area (Å²) >= 11 is 0. The van der Waals surface area contributed by atoms with E-state index in [0.717, 1.165) is 43.0 Å². The third-order valence-corrected chi connectivity index (χ3v) is 9.70. The molecule has 6 rings (SSSR count). The predicted molar refractivity (Wildman–Crippen MR) is 150 cm³/mol. The molecule has 0 spiro atoms.